The average Bonchev–Trinajstić information content (AvgIpc) is 2.27. The summed E-state index contributed by atoms with van der Waals surface area (Å²) in [6.07, 6.45) is 2.52. The van der Waals surface area contributed by atoms with E-state index in [1.54, 1.807) is 0 Å². The van der Waals surface area contributed by atoms with Crippen LogP contribution in [0.1, 0.15) is 19.8 Å². The van der Waals surface area contributed by atoms with Gasteiger partial charge in [-0.2, -0.15) is 0 Å². The Bertz CT molecular complexity index is 128. The Balaban J connectivity index is 2.06. The minimum atomic E-state index is -0.257. The average molecular weight is 126 g/mol. The summed E-state index contributed by atoms with van der Waals surface area (Å²) in [5.74, 6) is 2.19. The van der Waals surface area contributed by atoms with Crippen molar-refractivity contribution in [2.75, 3.05) is 0 Å². The van der Waals surface area contributed by atoms with Gasteiger partial charge in [0.2, 0.25) is 0 Å². The predicted octanol–water partition coefficient (Wildman–Crippen LogP) is 0.276. The van der Waals surface area contributed by atoms with Crippen LogP contribution < -0.4 is 11.5 Å². The Morgan fingerprint density at radius 3 is 2.00 bits per heavy atom. The molecule has 0 radical (unpaired) electrons. The molecule has 52 valence electrons. The van der Waals surface area contributed by atoms with Crippen molar-refractivity contribution in [3.8, 4) is 0 Å². The Morgan fingerprint density at radius 1 is 1.22 bits per heavy atom. The quantitative estimate of drug-likeness (QED) is 0.458. The van der Waals surface area contributed by atoms with Crippen molar-refractivity contribution in [3.05, 3.63) is 0 Å². The molecule has 2 unspecified atom stereocenters. The van der Waals surface area contributed by atoms with Crippen LogP contribution in [0.5, 0.6) is 0 Å². The standard InChI is InChI=1S/C7H14N2/c1-4-2-5-6(3-4)7(5,8)9/h4-6H,2-3,8-9H2,1H3. The summed E-state index contributed by atoms with van der Waals surface area (Å²) in [6, 6.07) is 0. The van der Waals surface area contributed by atoms with E-state index in [0.717, 1.165) is 5.92 Å². The Hall–Kier alpha value is -0.0800. The van der Waals surface area contributed by atoms with E-state index >= 15 is 0 Å². The third kappa shape index (κ3) is 0.578. The highest BCUT2D eigenvalue weighted by molar-refractivity contribution is 5.15. The molecule has 0 aromatic rings. The fourth-order valence-electron chi connectivity index (χ4n) is 2.29. The molecule has 0 amide bonds. The van der Waals surface area contributed by atoms with Crippen molar-refractivity contribution in [2.24, 2.45) is 29.2 Å². The van der Waals surface area contributed by atoms with Gasteiger partial charge in [-0.1, -0.05) is 6.92 Å². The summed E-state index contributed by atoms with van der Waals surface area (Å²) in [5.41, 5.74) is 11.3. The Labute approximate surface area is 55.6 Å². The molecule has 9 heavy (non-hydrogen) atoms. The first kappa shape index (κ1) is 5.69. The van der Waals surface area contributed by atoms with E-state index in [-0.39, 0.29) is 5.66 Å². The summed E-state index contributed by atoms with van der Waals surface area (Å²) in [7, 11) is 0. The van der Waals surface area contributed by atoms with E-state index in [1.165, 1.54) is 12.8 Å². The maximum absolute atomic E-state index is 5.75. The minimum absolute atomic E-state index is 0.257. The second-order valence-electron chi connectivity index (χ2n) is 3.79. The van der Waals surface area contributed by atoms with Crippen molar-refractivity contribution in [2.45, 2.75) is 25.4 Å². The fraction of sp³-hybridized carbons (Fsp3) is 1.00. The summed E-state index contributed by atoms with van der Waals surface area (Å²) >= 11 is 0. The zero-order valence-electron chi connectivity index (χ0n) is 5.80. The van der Waals surface area contributed by atoms with Crippen molar-refractivity contribution < 1.29 is 0 Å². The molecule has 2 fully saturated rings. The van der Waals surface area contributed by atoms with Gasteiger partial charge in [-0.15, -0.1) is 0 Å². The number of nitrogens with two attached hydrogens (primary N) is 2. The van der Waals surface area contributed by atoms with Crippen molar-refractivity contribution >= 4 is 0 Å². The maximum atomic E-state index is 5.75. The van der Waals surface area contributed by atoms with Gasteiger partial charge in [0.15, 0.2) is 0 Å². The third-order valence-corrected chi connectivity index (χ3v) is 2.97. The molecule has 2 rings (SSSR count). The lowest BCUT2D eigenvalue weighted by Crippen LogP contribution is -2.39. The highest BCUT2D eigenvalue weighted by Gasteiger charge is 2.63. The van der Waals surface area contributed by atoms with Crippen LogP contribution in [0.15, 0.2) is 0 Å². The lowest BCUT2D eigenvalue weighted by Gasteiger charge is -2.11. The molecule has 2 atom stereocenters. The normalized spacial score (nSPS) is 53.0. The summed E-state index contributed by atoms with van der Waals surface area (Å²) in [6.45, 7) is 2.28. The van der Waals surface area contributed by atoms with Gasteiger partial charge in [-0.25, -0.2) is 0 Å². The van der Waals surface area contributed by atoms with Crippen molar-refractivity contribution in [1.82, 2.24) is 0 Å². The predicted molar refractivity (Wildman–Crippen MR) is 36.5 cm³/mol. The Kier molecular flexibility index (Phi) is 0.837. The molecule has 0 aliphatic heterocycles. The smallest absolute Gasteiger partial charge is 0.0702 e. The van der Waals surface area contributed by atoms with Gasteiger partial charge in [-0.05, 0) is 30.6 Å². The van der Waals surface area contributed by atoms with Crippen LogP contribution in [0, 0.1) is 17.8 Å². The minimum Gasteiger partial charge on any atom is -0.313 e. The number of hydrogen-bond acceptors (Lipinski definition) is 2. The molecule has 2 aliphatic rings. The first-order valence-corrected chi connectivity index (χ1v) is 3.70. The van der Waals surface area contributed by atoms with Gasteiger partial charge >= 0.3 is 0 Å². The monoisotopic (exact) mass is 126 g/mol. The molecule has 2 aliphatic carbocycles. The molecular formula is C7H14N2. The summed E-state index contributed by atoms with van der Waals surface area (Å²) in [5, 5.41) is 0. The van der Waals surface area contributed by atoms with Gasteiger partial charge < -0.3 is 11.5 Å². The molecule has 2 saturated carbocycles. The van der Waals surface area contributed by atoms with E-state index in [4.69, 9.17) is 11.5 Å². The molecule has 2 heteroatoms. The zero-order valence-corrected chi connectivity index (χ0v) is 5.80. The van der Waals surface area contributed by atoms with Gasteiger partial charge in [0, 0.05) is 0 Å². The van der Waals surface area contributed by atoms with Crippen LogP contribution in [0.3, 0.4) is 0 Å². The lowest BCUT2D eigenvalue weighted by atomic mass is 10.0. The van der Waals surface area contributed by atoms with Gasteiger partial charge in [0.1, 0.15) is 0 Å². The SMILES string of the molecule is CC1CC2C(C1)C2(N)N. The van der Waals surface area contributed by atoms with Crippen LogP contribution >= 0.6 is 0 Å². The van der Waals surface area contributed by atoms with Crippen LogP contribution in [0.2, 0.25) is 0 Å². The van der Waals surface area contributed by atoms with E-state index in [0.29, 0.717) is 11.8 Å². The molecular weight excluding hydrogens is 112 g/mol. The zero-order chi connectivity index (χ0) is 6.65. The number of fused-ring (bicyclic) bond motifs is 1. The fourth-order valence-corrected chi connectivity index (χ4v) is 2.29. The molecule has 2 nitrogen and oxygen atoms in total. The van der Waals surface area contributed by atoms with Gasteiger partial charge in [0.25, 0.3) is 0 Å². The van der Waals surface area contributed by atoms with Crippen molar-refractivity contribution in [3.63, 3.8) is 0 Å². The van der Waals surface area contributed by atoms with Crippen LogP contribution in [-0.4, -0.2) is 5.66 Å². The van der Waals surface area contributed by atoms with Crippen LogP contribution in [0.25, 0.3) is 0 Å². The van der Waals surface area contributed by atoms with Crippen LogP contribution in [-0.2, 0) is 0 Å². The molecule has 0 saturated heterocycles. The van der Waals surface area contributed by atoms with E-state index in [2.05, 4.69) is 6.92 Å². The second-order valence-corrected chi connectivity index (χ2v) is 3.79. The largest absolute Gasteiger partial charge is 0.313 e. The second kappa shape index (κ2) is 1.32. The first-order valence-electron chi connectivity index (χ1n) is 3.70. The number of hydrogen-bond donors (Lipinski definition) is 2. The van der Waals surface area contributed by atoms with E-state index in [9.17, 15) is 0 Å². The third-order valence-electron chi connectivity index (χ3n) is 2.97. The summed E-state index contributed by atoms with van der Waals surface area (Å²) < 4.78 is 0. The van der Waals surface area contributed by atoms with Gasteiger partial charge in [0.05, 0.1) is 5.66 Å². The first-order chi connectivity index (χ1) is 4.12. The highest BCUT2D eigenvalue weighted by atomic mass is 15.1. The van der Waals surface area contributed by atoms with E-state index in [1.807, 2.05) is 0 Å². The lowest BCUT2D eigenvalue weighted by molar-refractivity contribution is 0.435. The van der Waals surface area contributed by atoms with Crippen molar-refractivity contribution in [1.29, 1.82) is 0 Å². The molecule has 0 aromatic carbocycles. The van der Waals surface area contributed by atoms with Crippen LogP contribution in [0.4, 0.5) is 0 Å². The molecule has 0 aromatic heterocycles. The van der Waals surface area contributed by atoms with Gasteiger partial charge in [-0.3, -0.25) is 0 Å². The highest BCUT2D eigenvalue weighted by Crippen LogP contribution is 2.57. The topological polar surface area (TPSA) is 52.0 Å². The summed E-state index contributed by atoms with van der Waals surface area (Å²) in [4.78, 5) is 0. The molecule has 0 bridgehead atoms. The maximum Gasteiger partial charge on any atom is 0.0702 e. The number of rotatable bonds is 0. The Morgan fingerprint density at radius 2 is 1.67 bits per heavy atom. The molecule has 4 N–H and O–H groups in total. The molecule has 0 spiro atoms. The molecule has 0 heterocycles. The van der Waals surface area contributed by atoms with E-state index < -0.39 is 0 Å².